The zero-order valence-electron chi connectivity index (χ0n) is 7.54. The van der Waals surface area contributed by atoms with Gasteiger partial charge in [0.2, 0.25) is 0 Å². The summed E-state index contributed by atoms with van der Waals surface area (Å²) in [6.45, 7) is 7.84. The van der Waals surface area contributed by atoms with Crippen LogP contribution in [0.15, 0.2) is 53.2 Å². The highest BCUT2D eigenvalue weighted by Gasteiger charge is 1.99. The molecular weight excluding hydrogens is 146 g/mol. The van der Waals surface area contributed by atoms with E-state index >= 15 is 0 Å². The van der Waals surface area contributed by atoms with Crippen LogP contribution in [0.1, 0.15) is 13.8 Å². The Morgan fingerprint density at radius 2 is 2.08 bits per heavy atom. The number of rotatable bonds is 1. The minimum atomic E-state index is 0.952. The van der Waals surface area contributed by atoms with Crippen LogP contribution >= 0.6 is 0 Å². The minimum absolute atomic E-state index is 0.952. The van der Waals surface area contributed by atoms with Crippen molar-refractivity contribution in [3.63, 3.8) is 0 Å². The van der Waals surface area contributed by atoms with Crippen molar-refractivity contribution in [2.45, 2.75) is 13.8 Å². The fourth-order valence-corrected chi connectivity index (χ4v) is 0.874. The van der Waals surface area contributed by atoms with Gasteiger partial charge in [-0.3, -0.25) is 4.99 Å². The van der Waals surface area contributed by atoms with E-state index in [1.807, 2.05) is 44.2 Å². The van der Waals surface area contributed by atoms with Gasteiger partial charge < -0.3 is 0 Å². The quantitative estimate of drug-likeness (QED) is 0.557. The maximum Gasteiger partial charge on any atom is 0.0699 e. The van der Waals surface area contributed by atoms with Gasteiger partial charge >= 0.3 is 0 Å². The first kappa shape index (κ1) is 8.72. The molecule has 1 aliphatic rings. The average molecular weight is 159 g/mol. The van der Waals surface area contributed by atoms with E-state index in [4.69, 9.17) is 0 Å². The van der Waals surface area contributed by atoms with Crippen molar-refractivity contribution in [2.75, 3.05) is 0 Å². The van der Waals surface area contributed by atoms with Crippen LogP contribution in [0.4, 0.5) is 0 Å². The topological polar surface area (TPSA) is 12.4 Å². The molecule has 1 heteroatoms. The molecule has 0 radical (unpaired) electrons. The van der Waals surface area contributed by atoms with Gasteiger partial charge in [-0.05, 0) is 25.5 Å². The highest BCUT2D eigenvalue weighted by atomic mass is 14.7. The molecule has 12 heavy (non-hydrogen) atoms. The zero-order valence-corrected chi connectivity index (χ0v) is 7.54. The summed E-state index contributed by atoms with van der Waals surface area (Å²) >= 11 is 0. The van der Waals surface area contributed by atoms with Crippen molar-refractivity contribution in [3.8, 4) is 0 Å². The third-order valence-corrected chi connectivity index (χ3v) is 1.71. The van der Waals surface area contributed by atoms with E-state index in [-0.39, 0.29) is 0 Å². The van der Waals surface area contributed by atoms with Crippen molar-refractivity contribution in [3.05, 3.63) is 48.2 Å². The Bertz CT molecular complexity index is 301. The molecule has 0 aromatic rings. The van der Waals surface area contributed by atoms with Crippen molar-refractivity contribution in [1.82, 2.24) is 0 Å². The summed E-state index contributed by atoms with van der Waals surface area (Å²) in [6.07, 6.45) is 9.84. The summed E-state index contributed by atoms with van der Waals surface area (Å²) in [6, 6.07) is 0. The summed E-state index contributed by atoms with van der Waals surface area (Å²) in [7, 11) is 0. The Hall–Kier alpha value is -1.37. The van der Waals surface area contributed by atoms with Gasteiger partial charge in [-0.15, -0.1) is 0 Å². The van der Waals surface area contributed by atoms with E-state index in [0.29, 0.717) is 0 Å². The Balaban J connectivity index is 2.89. The second-order valence-corrected chi connectivity index (χ2v) is 2.67. The number of hydrogen-bond donors (Lipinski definition) is 0. The van der Waals surface area contributed by atoms with Crippen LogP contribution in [-0.2, 0) is 0 Å². The van der Waals surface area contributed by atoms with Gasteiger partial charge in [0.15, 0.2) is 0 Å². The van der Waals surface area contributed by atoms with E-state index in [2.05, 4.69) is 11.6 Å². The molecule has 0 heterocycles. The molecular formula is C11H13N. The van der Waals surface area contributed by atoms with Crippen molar-refractivity contribution >= 4 is 5.71 Å². The minimum Gasteiger partial charge on any atom is -0.254 e. The van der Waals surface area contributed by atoms with Crippen molar-refractivity contribution in [2.24, 2.45) is 4.99 Å². The maximum atomic E-state index is 4.38. The summed E-state index contributed by atoms with van der Waals surface area (Å²) < 4.78 is 0. The van der Waals surface area contributed by atoms with E-state index in [0.717, 1.165) is 17.0 Å². The van der Waals surface area contributed by atoms with Crippen LogP contribution in [0.25, 0.3) is 0 Å². The van der Waals surface area contributed by atoms with Gasteiger partial charge in [0.1, 0.15) is 0 Å². The lowest BCUT2D eigenvalue weighted by Gasteiger charge is -2.03. The molecule has 1 rings (SSSR count). The van der Waals surface area contributed by atoms with Crippen molar-refractivity contribution in [1.29, 1.82) is 0 Å². The zero-order chi connectivity index (χ0) is 8.97. The molecule has 0 saturated heterocycles. The monoisotopic (exact) mass is 159 g/mol. The van der Waals surface area contributed by atoms with Crippen LogP contribution in [0.5, 0.6) is 0 Å². The van der Waals surface area contributed by atoms with Gasteiger partial charge in [-0.2, -0.15) is 0 Å². The lowest BCUT2D eigenvalue weighted by atomic mass is 10.1. The van der Waals surface area contributed by atoms with Crippen LogP contribution in [0.2, 0.25) is 0 Å². The van der Waals surface area contributed by atoms with Gasteiger partial charge in [0.05, 0.1) is 5.71 Å². The SMILES string of the molecule is C=C1C=CC=C/C1=N/C(C)=C\C. The summed E-state index contributed by atoms with van der Waals surface area (Å²) in [5, 5.41) is 0. The highest BCUT2D eigenvalue weighted by Crippen LogP contribution is 2.08. The molecule has 0 saturated carbocycles. The Kier molecular flexibility index (Phi) is 2.81. The van der Waals surface area contributed by atoms with E-state index in [1.54, 1.807) is 0 Å². The second-order valence-electron chi connectivity index (χ2n) is 2.67. The lowest BCUT2D eigenvalue weighted by molar-refractivity contribution is 1.28. The largest absolute Gasteiger partial charge is 0.254 e. The Labute approximate surface area is 73.5 Å². The highest BCUT2D eigenvalue weighted by molar-refractivity contribution is 6.11. The normalized spacial score (nSPS) is 20.7. The van der Waals surface area contributed by atoms with Gasteiger partial charge in [0, 0.05) is 5.70 Å². The van der Waals surface area contributed by atoms with Crippen LogP contribution < -0.4 is 0 Å². The number of nitrogens with zero attached hydrogens (tertiary/aromatic N) is 1. The molecule has 0 N–H and O–H groups in total. The molecule has 1 aliphatic carbocycles. The number of hydrogen-bond acceptors (Lipinski definition) is 1. The smallest absolute Gasteiger partial charge is 0.0699 e. The first-order chi connectivity index (χ1) is 5.74. The molecule has 0 bridgehead atoms. The van der Waals surface area contributed by atoms with Crippen LogP contribution in [-0.4, -0.2) is 5.71 Å². The molecule has 0 spiro atoms. The predicted octanol–water partition coefficient (Wildman–Crippen LogP) is 3.03. The maximum absolute atomic E-state index is 4.38. The number of aliphatic imine (C=N–C) groups is 1. The van der Waals surface area contributed by atoms with Crippen molar-refractivity contribution < 1.29 is 0 Å². The third kappa shape index (κ3) is 2.06. The van der Waals surface area contributed by atoms with Crippen LogP contribution in [0.3, 0.4) is 0 Å². The summed E-state index contributed by atoms with van der Waals surface area (Å²) in [5.74, 6) is 0. The summed E-state index contributed by atoms with van der Waals surface area (Å²) in [4.78, 5) is 4.38. The second kappa shape index (κ2) is 3.86. The van der Waals surface area contributed by atoms with Gasteiger partial charge in [-0.1, -0.05) is 30.9 Å². The van der Waals surface area contributed by atoms with Gasteiger partial charge in [-0.25, -0.2) is 0 Å². The first-order valence-electron chi connectivity index (χ1n) is 3.99. The molecule has 0 amide bonds. The lowest BCUT2D eigenvalue weighted by Crippen LogP contribution is -1.98. The third-order valence-electron chi connectivity index (χ3n) is 1.71. The van der Waals surface area contributed by atoms with Crippen LogP contribution in [0, 0.1) is 0 Å². The molecule has 62 valence electrons. The Morgan fingerprint density at radius 1 is 1.42 bits per heavy atom. The van der Waals surface area contributed by atoms with E-state index in [1.165, 1.54) is 0 Å². The Morgan fingerprint density at radius 3 is 2.67 bits per heavy atom. The predicted molar refractivity (Wildman–Crippen MR) is 54.3 cm³/mol. The molecule has 0 aromatic carbocycles. The fraction of sp³-hybridized carbons (Fsp3) is 0.182. The number of allylic oxidation sites excluding steroid dienone is 7. The molecule has 0 aromatic heterocycles. The molecule has 0 atom stereocenters. The molecule has 1 nitrogen and oxygen atoms in total. The first-order valence-corrected chi connectivity index (χ1v) is 3.99. The van der Waals surface area contributed by atoms with E-state index < -0.39 is 0 Å². The molecule has 0 aliphatic heterocycles. The average Bonchev–Trinajstić information content (AvgIpc) is 2.09. The standard InChI is InChI=1S/C11H13N/c1-4-10(3)12-11-8-6-5-7-9(11)2/h4-8H,2H2,1,3H3/b10-4-,12-11-. The summed E-state index contributed by atoms with van der Waals surface area (Å²) in [5.41, 5.74) is 2.94. The fourth-order valence-electron chi connectivity index (χ4n) is 0.874. The van der Waals surface area contributed by atoms with E-state index in [9.17, 15) is 0 Å². The van der Waals surface area contributed by atoms with Gasteiger partial charge in [0.25, 0.3) is 0 Å². The molecule has 0 unspecified atom stereocenters. The molecule has 0 fully saturated rings.